The normalized spacial score (nSPS) is 18.9. The van der Waals surface area contributed by atoms with Crippen molar-refractivity contribution in [3.63, 3.8) is 0 Å². The number of carbonyl (C=O) groups excluding carboxylic acids is 1. The van der Waals surface area contributed by atoms with E-state index in [2.05, 4.69) is 14.7 Å². The zero-order valence-corrected chi connectivity index (χ0v) is 16.7. The summed E-state index contributed by atoms with van der Waals surface area (Å²) in [5.74, 6) is 0.361. The van der Waals surface area contributed by atoms with E-state index >= 15 is 0 Å². The maximum absolute atomic E-state index is 12.5. The van der Waals surface area contributed by atoms with Crippen LogP contribution in [-0.2, 0) is 14.8 Å². The second-order valence-corrected chi connectivity index (χ2v) is 9.57. The van der Waals surface area contributed by atoms with Gasteiger partial charge in [0.1, 0.15) is 4.90 Å². The van der Waals surface area contributed by atoms with Gasteiger partial charge in [-0.25, -0.2) is 4.98 Å². The molecule has 0 radical (unpaired) electrons. The zero-order chi connectivity index (χ0) is 19.2. The highest BCUT2D eigenvalue weighted by Crippen LogP contribution is 2.30. The SMILES string of the molecule is Cc1nc(NC(=O)C2CCN(C3=NS(=O)(=O)c4ccccc43)CC2)sc1C. The lowest BCUT2D eigenvalue weighted by molar-refractivity contribution is -0.120. The molecule has 142 valence electrons. The van der Waals surface area contributed by atoms with Crippen molar-refractivity contribution in [2.45, 2.75) is 31.6 Å². The summed E-state index contributed by atoms with van der Waals surface area (Å²) >= 11 is 1.48. The Kier molecular flexibility index (Phi) is 4.51. The number of benzene rings is 1. The van der Waals surface area contributed by atoms with Crippen LogP contribution in [0.1, 0.15) is 29.0 Å². The molecule has 2 aromatic rings. The molecule has 7 nitrogen and oxygen atoms in total. The number of carbonyl (C=O) groups is 1. The number of nitrogens with one attached hydrogen (secondary N) is 1. The van der Waals surface area contributed by atoms with Gasteiger partial charge in [0.05, 0.1) is 5.69 Å². The molecule has 4 rings (SSSR count). The van der Waals surface area contributed by atoms with Crippen LogP contribution >= 0.6 is 11.3 Å². The van der Waals surface area contributed by atoms with Gasteiger partial charge < -0.3 is 10.2 Å². The number of hydrogen-bond acceptors (Lipinski definition) is 6. The first kappa shape index (κ1) is 18.1. The number of likely N-dealkylation sites (tertiary alicyclic amines) is 1. The van der Waals surface area contributed by atoms with E-state index in [1.54, 1.807) is 18.2 Å². The Bertz CT molecular complexity index is 1020. The second kappa shape index (κ2) is 6.72. The molecule has 1 fully saturated rings. The van der Waals surface area contributed by atoms with Crippen LogP contribution in [0.4, 0.5) is 5.13 Å². The number of amides is 1. The molecule has 1 aromatic heterocycles. The van der Waals surface area contributed by atoms with Gasteiger partial charge in [-0.05, 0) is 38.8 Å². The van der Waals surface area contributed by atoms with Gasteiger partial charge in [0.25, 0.3) is 10.0 Å². The summed E-state index contributed by atoms with van der Waals surface area (Å²) in [7, 11) is -3.62. The van der Waals surface area contributed by atoms with Gasteiger partial charge in [0.15, 0.2) is 11.0 Å². The van der Waals surface area contributed by atoms with Gasteiger partial charge in [0.2, 0.25) is 5.91 Å². The molecule has 0 aliphatic carbocycles. The Morgan fingerprint density at radius 2 is 1.93 bits per heavy atom. The summed E-state index contributed by atoms with van der Waals surface area (Å²) in [6, 6.07) is 6.88. The lowest BCUT2D eigenvalue weighted by Crippen LogP contribution is -2.41. The van der Waals surface area contributed by atoms with E-state index in [1.807, 2.05) is 24.8 Å². The van der Waals surface area contributed by atoms with Crippen LogP contribution < -0.4 is 5.32 Å². The highest BCUT2D eigenvalue weighted by molar-refractivity contribution is 7.90. The molecule has 0 bridgehead atoms. The molecule has 0 unspecified atom stereocenters. The third-order valence-electron chi connectivity index (χ3n) is 5.04. The number of nitrogens with zero attached hydrogens (tertiary/aromatic N) is 3. The Labute approximate surface area is 162 Å². The van der Waals surface area contributed by atoms with Crippen molar-refractivity contribution in [1.29, 1.82) is 0 Å². The summed E-state index contributed by atoms with van der Waals surface area (Å²) in [6.07, 6.45) is 1.30. The number of aryl methyl sites for hydroxylation is 2. The first-order valence-electron chi connectivity index (χ1n) is 8.79. The van der Waals surface area contributed by atoms with Gasteiger partial charge in [-0.1, -0.05) is 12.1 Å². The first-order chi connectivity index (χ1) is 12.8. The Balaban J connectivity index is 1.43. The van der Waals surface area contributed by atoms with E-state index in [0.29, 0.717) is 42.5 Å². The van der Waals surface area contributed by atoms with Crippen LogP contribution in [0.15, 0.2) is 33.6 Å². The van der Waals surface area contributed by atoms with E-state index in [0.717, 1.165) is 10.6 Å². The van der Waals surface area contributed by atoms with Crippen molar-refractivity contribution < 1.29 is 13.2 Å². The number of anilines is 1. The Hall–Kier alpha value is -2.26. The van der Waals surface area contributed by atoms with Crippen LogP contribution in [-0.4, -0.2) is 43.1 Å². The maximum atomic E-state index is 12.5. The van der Waals surface area contributed by atoms with E-state index < -0.39 is 10.0 Å². The maximum Gasteiger partial charge on any atom is 0.285 e. The fourth-order valence-electron chi connectivity index (χ4n) is 3.40. The number of amidine groups is 1. The van der Waals surface area contributed by atoms with Gasteiger partial charge in [-0.15, -0.1) is 15.7 Å². The molecule has 27 heavy (non-hydrogen) atoms. The molecule has 1 saturated heterocycles. The summed E-state index contributed by atoms with van der Waals surface area (Å²) in [6.45, 7) is 5.09. The first-order valence-corrected chi connectivity index (χ1v) is 11.0. The topological polar surface area (TPSA) is 91.7 Å². The number of thiazole rings is 1. The smallest absolute Gasteiger partial charge is 0.285 e. The molecule has 3 heterocycles. The largest absolute Gasteiger partial charge is 0.355 e. The summed E-state index contributed by atoms with van der Waals surface area (Å²) in [4.78, 5) is 20.2. The minimum atomic E-state index is -3.62. The number of piperidine rings is 1. The fraction of sp³-hybridized carbons (Fsp3) is 0.389. The minimum absolute atomic E-state index is 0.0233. The number of sulfonamides is 1. The number of fused-ring (bicyclic) bond motifs is 1. The van der Waals surface area contributed by atoms with Crippen LogP contribution in [0.5, 0.6) is 0 Å². The van der Waals surface area contributed by atoms with Gasteiger partial charge in [-0.3, -0.25) is 4.79 Å². The molecular weight excluding hydrogens is 384 g/mol. The molecule has 2 aliphatic heterocycles. The van der Waals surface area contributed by atoms with Crippen molar-refractivity contribution >= 4 is 38.2 Å². The number of hydrogen-bond donors (Lipinski definition) is 1. The lowest BCUT2D eigenvalue weighted by Gasteiger charge is -2.32. The third-order valence-corrected chi connectivity index (χ3v) is 7.35. The van der Waals surface area contributed by atoms with Gasteiger partial charge in [0, 0.05) is 29.4 Å². The van der Waals surface area contributed by atoms with Crippen LogP contribution in [0.2, 0.25) is 0 Å². The highest BCUT2D eigenvalue weighted by atomic mass is 32.2. The highest BCUT2D eigenvalue weighted by Gasteiger charge is 2.34. The van der Waals surface area contributed by atoms with Crippen molar-refractivity contribution in [3.8, 4) is 0 Å². The molecule has 1 N–H and O–H groups in total. The summed E-state index contributed by atoms with van der Waals surface area (Å²) in [5.41, 5.74) is 1.58. The molecule has 0 atom stereocenters. The Morgan fingerprint density at radius 3 is 2.59 bits per heavy atom. The van der Waals surface area contributed by atoms with E-state index in [1.165, 1.54) is 11.3 Å². The molecule has 2 aliphatic rings. The minimum Gasteiger partial charge on any atom is -0.355 e. The number of aromatic nitrogens is 1. The van der Waals surface area contributed by atoms with E-state index in [9.17, 15) is 13.2 Å². The van der Waals surface area contributed by atoms with Crippen LogP contribution in [0.25, 0.3) is 0 Å². The lowest BCUT2D eigenvalue weighted by atomic mass is 9.95. The summed E-state index contributed by atoms with van der Waals surface area (Å²) in [5, 5.41) is 3.55. The quantitative estimate of drug-likeness (QED) is 0.831. The summed E-state index contributed by atoms with van der Waals surface area (Å²) < 4.78 is 28.4. The van der Waals surface area contributed by atoms with Crippen LogP contribution in [0.3, 0.4) is 0 Å². The second-order valence-electron chi connectivity index (χ2n) is 6.80. The standard InChI is InChI=1S/C18H20N4O3S2/c1-11-12(2)26-18(19-11)20-17(23)13-7-9-22(10-8-13)16-14-5-3-4-6-15(14)27(24,25)21-16/h3-6,13H,7-10H2,1-2H3,(H,19,20,23). The van der Waals surface area contributed by atoms with Crippen molar-refractivity contribution in [2.24, 2.45) is 10.3 Å². The monoisotopic (exact) mass is 404 g/mol. The van der Waals surface area contributed by atoms with Gasteiger partial charge >= 0.3 is 0 Å². The van der Waals surface area contributed by atoms with Gasteiger partial charge in [-0.2, -0.15) is 8.42 Å². The van der Waals surface area contributed by atoms with Crippen molar-refractivity contribution in [2.75, 3.05) is 18.4 Å². The van der Waals surface area contributed by atoms with E-state index in [4.69, 9.17) is 0 Å². The molecule has 1 amide bonds. The van der Waals surface area contributed by atoms with Crippen LogP contribution in [0, 0.1) is 19.8 Å². The van der Waals surface area contributed by atoms with Crippen molar-refractivity contribution in [3.05, 3.63) is 40.4 Å². The zero-order valence-electron chi connectivity index (χ0n) is 15.1. The number of rotatable bonds is 2. The fourth-order valence-corrected chi connectivity index (χ4v) is 5.45. The Morgan fingerprint density at radius 1 is 1.22 bits per heavy atom. The molecule has 0 spiro atoms. The molecule has 0 saturated carbocycles. The van der Waals surface area contributed by atoms with E-state index in [-0.39, 0.29) is 16.7 Å². The molecular formula is C18H20N4O3S2. The predicted octanol–water partition coefficient (Wildman–Crippen LogP) is 2.56. The predicted molar refractivity (Wildman–Crippen MR) is 105 cm³/mol. The third kappa shape index (κ3) is 3.37. The average molecular weight is 405 g/mol. The van der Waals surface area contributed by atoms with Crippen molar-refractivity contribution in [1.82, 2.24) is 9.88 Å². The average Bonchev–Trinajstić information content (AvgIpc) is 3.11. The molecule has 9 heteroatoms. The molecule has 1 aromatic carbocycles.